The van der Waals surface area contributed by atoms with Gasteiger partial charge in [0.15, 0.2) is 5.78 Å². The maximum Gasteiger partial charge on any atom is 0.417 e. The Kier molecular flexibility index (Phi) is 35.7. The van der Waals surface area contributed by atoms with Gasteiger partial charge >= 0.3 is 18.3 Å². The lowest BCUT2D eigenvalue weighted by Gasteiger charge is -2.48. The molecule has 0 radical (unpaired) electrons. The summed E-state index contributed by atoms with van der Waals surface area (Å²) in [6.45, 7) is 0.419. The molecule has 0 aromatic heterocycles. The molecule has 5 saturated heterocycles. The SMILES string of the molecule is O=C(CCCC(=O)N1C(=O)OC[C@@H]1c1ccccc1)c1ccc(F)cc1.O=C(CCCC(O)c1ccc(F)cc1)N1C(=O)OC[C@@H]1c1ccccc1.O=C(CCC[C@H](O)c1ccc(F)cc1)N1C(=O)OC[C@@H]1c1ccccc1.O=C1[C@H](CC[C@H](O)c2ccc(F)cc2)[C@@H](c2ccc(-c3cccc(O)c3)cc2O)N1c1ccccc1.O=C1[C@H](CC[C@H](O)c2ccc(F)cc2)[C@@H](c2ccc(O)cc2)N1c1ccc(F)cc1. The normalized spacial score (nSPS) is 18.0. The summed E-state index contributed by atoms with van der Waals surface area (Å²) in [6.07, 6.45) is -1.37. The van der Waals surface area contributed by atoms with Crippen LogP contribution in [0.15, 0.2) is 334 Å². The van der Waals surface area contributed by atoms with Crippen molar-refractivity contribution in [1.82, 2.24) is 14.7 Å². The highest BCUT2D eigenvalue weighted by Crippen LogP contribution is 2.51. The van der Waals surface area contributed by atoms with Gasteiger partial charge in [0.1, 0.15) is 90.1 Å². The van der Waals surface area contributed by atoms with Crippen molar-refractivity contribution in [2.24, 2.45) is 11.8 Å². The zero-order valence-corrected chi connectivity index (χ0v) is 78.0. The van der Waals surface area contributed by atoms with Crippen molar-refractivity contribution in [3.8, 4) is 28.4 Å². The zero-order valence-electron chi connectivity index (χ0n) is 78.0. The van der Waals surface area contributed by atoms with Gasteiger partial charge in [-0.2, -0.15) is 0 Å². The van der Waals surface area contributed by atoms with Crippen LogP contribution < -0.4 is 9.80 Å². The first-order valence-electron chi connectivity index (χ1n) is 47.1. The van der Waals surface area contributed by atoms with Crippen LogP contribution in [0.25, 0.3) is 11.1 Å². The summed E-state index contributed by atoms with van der Waals surface area (Å²) in [5.74, 6) is -4.11. The van der Waals surface area contributed by atoms with Gasteiger partial charge < -0.3 is 59.8 Å². The third-order valence-corrected chi connectivity index (χ3v) is 25.5. The van der Waals surface area contributed by atoms with Gasteiger partial charge in [-0.3, -0.25) is 28.8 Å². The zero-order chi connectivity index (χ0) is 102. The molecule has 5 aliphatic rings. The standard InChI is InChI=1S/C30H26FNO4.C24H21F2NO3.2C20H20FNO4.C20H18FNO4/c31-22-12-9-19(10-13-22)27(34)16-15-26-29(32(30(26)36)23-6-2-1-3-7-23)25-14-11-21(18-28(25)35)20-5-4-8-24(33)17-20;25-17-5-1-15(2-6-17)22(29)14-13-21-23(16-3-11-20(28)12-4-16)27(24(21)30)19-9-7-18(26)8-10-19;3*21-16-11-9-15(10-12-16)18(23)7-4-8-19(24)22-17(13-26-20(22)25)14-5-2-1-3-6-14/h1-14,17-18,26-27,29,33-35H,15-16H2;1-12,21-23,28-29H,13-14H2;2*1-3,5-6,9-12,17-18,23H,4,7-8,13H2;1-3,5-6,9-12,17H,4,7-8,13H2/t26-,27+,29-;21-,22+,23-;17-,18?;17-,18+;17-/m11111/s1. The summed E-state index contributed by atoms with van der Waals surface area (Å²) in [5.41, 5.74) is 9.61. The van der Waals surface area contributed by atoms with Crippen molar-refractivity contribution in [2.45, 2.75) is 138 Å². The highest BCUT2D eigenvalue weighted by Gasteiger charge is 2.51. The Balaban J connectivity index is 0.000000144. The van der Waals surface area contributed by atoms with Crippen molar-refractivity contribution in [2.75, 3.05) is 29.6 Å². The number of amides is 8. The predicted molar refractivity (Wildman–Crippen MR) is 522 cm³/mol. The number of imide groups is 3. The Labute approximate surface area is 826 Å². The number of phenolic OH excluding ortho intramolecular Hbond substituents is 3. The van der Waals surface area contributed by atoms with E-state index in [1.54, 1.807) is 82.6 Å². The van der Waals surface area contributed by atoms with Crippen LogP contribution in [0.4, 0.5) is 52.1 Å². The quantitative estimate of drug-likeness (QED) is 0.00918. The Morgan fingerprint density at radius 3 is 1.03 bits per heavy atom. The number of carbonyl (C=O) groups excluding carboxylic acids is 9. The number of aromatic hydroxyl groups is 3. The third-order valence-electron chi connectivity index (χ3n) is 25.5. The van der Waals surface area contributed by atoms with Crippen LogP contribution in [0.5, 0.6) is 17.2 Å². The lowest BCUT2D eigenvalue weighted by atomic mass is 9.77. The topological polar surface area (TPSA) is 339 Å². The molecule has 18 rings (SSSR count). The molecule has 5 heterocycles. The molecular weight excluding hydrogens is 1860 g/mol. The Morgan fingerprint density at radius 1 is 0.312 bits per heavy atom. The van der Waals surface area contributed by atoms with E-state index in [4.69, 9.17) is 14.2 Å². The number of hydrogen-bond donors (Lipinski definition) is 7. The number of nitrogens with zero attached hydrogens (tertiary/aromatic N) is 5. The molecule has 1 unspecified atom stereocenters. The van der Waals surface area contributed by atoms with Gasteiger partial charge in [-0.15, -0.1) is 0 Å². The number of ketones is 1. The fourth-order valence-electron chi connectivity index (χ4n) is 17.9. The first-order valence-corrected chi connectivity index (χ1v) is 47.1. The van der Waals surface area contributed by atoms with Gasteiger partial charge in [-0.1, -0.05) is 194 Å². The maximum absolute atomic E-state index is 13.3. The van der Waals surface area contributed by atoms with E-state index in [0.717, 1.165) is 53.8 Å². The number of Topliss-reactive ketones (excluding diaryl/α,β-unsaturated/α-hetero) is 1. The minimum Gasteiger partial charge on any atom is -0.508 e. The number of β-lactam (4-membered cyclic amide) rings is 2. The van der Waals surface area contributed by atoms with E-state index in [9.17, 15) is 105 Å². The van der Waals surface area contributed by atoms with E-state index in [1.165, 1.54) is 121 Å². The number of aliphatic hydroxyl groups excluding tert-OH is 4. The predicted octanol–water partition coefficient (Wildman–Crippen LogP) is 22.4. The molecule has 742 valence electrons. The first kappa shape index (κ1) is 104. The van der Waals surface area contributed by atoms with Crippen LogP contribution in [-0.4, -0.2) is 124 Å². The number of rotatable bonds is 31. The van der Waals surface area contributed by atoms with E-state index in [2.05, 4.69) is 0 Å². The van der Waals surface area contributed by atoms with Gasteiger partial charge in [0.2, 0.25) is 29.5 Å². The number of aliphatic hydroxyl groups is 4. The molecule has 5 aliphatic heterocycles. The number of carbonyl (C=O) groups is 9. The molecular formula is C114H105F6N5O19. The average molecular weight is 1960 g/mol. The Bertz CT molecular complexity index is 6400. The number of para-hydroxylation sites is 1. The minimum atomic E-state index is -0.827. The number of hydrogen-bond acceptors (Lipinski definition) is 19. The van der Waals surface area contributed by atoms with E-state index < -0.39 is 78.6 Å². The molecule has 24 nitrogen and oxygen atoms in total. The lowest BCUT2D eigenvalue weighted by Crippen LogP contribution is -2.55. The molecule has 0 spiro atoms. The molecule has 144 heavy (non-hydrogen) atoms. The van der Waals surface area contributed by atoms with Gasteiger partial charge in [-0.05, 0) is 253 Å². The monoisotopic (exact) mass is 1960 g/mol. The van der Waals surface area contributed by atoms with Crippen molar-refractivity contribution in [3.63, 3.8) is 0 Å². The summed E-state index contributed by atoms with van der Waals surface area (Å²) in [6, 6.07) is 87.4. The second-order valence-electron chi connectivity index (χ2n) is 35.0. The summed E-state index contributed by atoms with van der Waals surface area (Å²) >= 11 is 0. The summed E-state index contributed by atoms with van der Waals surface area (Å²) in [7, 11) is 0. The van der Waals surface area contributed by atoms with Crippen LogP contribution in [0, 0.1) is 46.7 Å². The van der Waals surface area contributed by atoms with Crippen LogP contribution in [0.1, 0.15) is 199 Å². The van der Waals surface area contributed by atoms with Gasteiger partial charge in [0.05, 0.1) is 48.3 Å². The molecule has 8 amide bonds. The molecule has 13 aromatic rings. The molecule has 30 heteroatoms. The minimum absolute atomic E-state index is 0.0540. The number of halogens is 6. The van der Waals surface area contributed by atoms with Crippen molar-refractivity contribution in [3.05, 3.63) is 424 Å². The average Bonchev–Trinajstić information content (AvgIpc) is 1.72. The second-order valence-corrected chi connectivity index (χ2v) is 35.0. The fourth-order valence-corrected chi connectivity index (χ4v) is 17.9. The van der Waals surface area contributed by atoms with Gasteiger partial charge in [-0.25, -0.2) is 55.4 Å². The van der Waals surface area contributed by atoms with Crippen LogP contribution in [0.2, 0.25) is 0 Å². The number of anilines is 2. The molecule has 0 saturated carbocycles. The van der Waals surface area contributed by atoms with Crippen molar-refractivity contribution < 1.29 is 119 Å². The van der Waals surface area contributed by atoms with Crippen molar-refractivity contribution >= 4 is 65.0 Å². The number of benzene rings is 13. The van der Waals surface area contributed by atoms with Gasteiger partial charge in [0, 0.05) is 48.2 Å². The Morgan fingerprint density at radius 2 is 0.646 bits per heavy atom. The van der Waals surface area contributed by atoms with E-state index in [-0.39, 0.29) is 139 Å². The number of cyclic esters (lactones) is 3. The molecule has 7 N–H and O–H groups in total. The molecule has 13 aromatic carbocycles. The lowest BCUT2D eigenvalue weighted by molar-refractivity contribution is -0.131. The summed E-state index contributed by atoms with van der Waals surface area (Å²) in [4.78, 5) is 118. The molecule has 5 fully saturated rings. The second kappa shape index (κ2) is 49.5. The van der Waals surface area contributed by atoms with Crippen molar-refractivity contribution in [1.29, 1.82) is 0 Å². The van der Waals surface area contributed by atoms with Crippen LogP contribution >= 0.6 is 0 Å². The summed E-state index contributed by atoms with van der Waals surface area (Å²) < 4.78 is 93.5. The first-order chi connectivity index (χ1) is 69.5. The van der Waals surface area contributed by atoms with E-state index in [0.29, 0.717) is 96.9 Å². The van der Waals surface area contributed by atoms with Gasteiger partial charge in [0.25, 0.3) is 0 Å². The largest absolute Gasteiger partial charge is 0.508 e. The summed E-state index contributed by atoms with van der Waals surface area (Å²) in [5, 5.41) is 71.8. The maximum atomic E-state index is 13.3. The fraction of sp³-hybridized carbons (Fsp3) is 0.237. The van der Waals surface area contributed by atoms with E-state index in [1.807, 2.05) is 140 Å². The molecule has 11 atom stereocenters. The smallest absolute Gasteiger partial charge is 0.417 e. The highest BCUT2D eigenvalue weighted by molar-refractivity contribution is 6.05. The highest BCUT2D eigenvalue weighted by atomic mass is 19.1. The van der Waals surface area contributed by atoms with E-state index >= 15 is 0 Å². The van der Waals surface area contributed by atoms with Crippen LogP contribution in [0.3, 0.4) is 0 Å². The molecule has 0 aliphatic carbocycles. The third kappa shape index (κ3) is 26.7. The molecule has 0 bridgehead atoms. The van der Waals surface area contributed by atoms with Crippen LogP contribution in [-0.2, 0) is 38.2 Å². The number of phenols is 3. The number of ether oxygens (including phenoxy) is 3. The Hall–Kier alpha value is -15.9.